The maximum absolute atomic E-state index is 14.1. The number of hydrogen-bond acceptors (Lipinski definition) is 6. The van der Waals surface area contributed by atoms with Crippen molar-refractivity contribution in [3.05, 3.63) is 137 Å². The highest BCUT2D eigenvalue weighted by Crippen LogP contribution is 2.31. The van der Waals surface area contributed by atoms with Gasteiger partial charge in [-0.3, -0.25) is 9.36 Å². The van der Waals surface area contributed by atoms with E-state index in [9.17, 15) is 9.59 Å². The molecule has 3 heterocycles. The largest absolute Gasteiger partial charge is 0.460 e. The molecule has 0 fully saturated rings. The third-order valence-electron chi connectivity index (χ3n) is 7.49. The van der Waals surface area contributed by atoms with Crippen molar-refractivity contribution in [2.24, 2.45) is 4.99 Å². The predicted molar refractivity (Wildman–Crippen MR) is 170 cm³/mol. The van der Waals surface area contributed by atoms with Crippen molar-refractivity contribution in [2.75, 3.05) is 20.3 Å². The molecule has 43 heavy (non-hydrogen) atoms. The number of thiazole rings is 1. The Morgan fingerprint density at radius 2 is 1.84 bits per heavy atom. The van der Waals surface area contributed by atoms with Gasteiger partial charge in [-0.05, 0) is 49.2 Å². The van der Waals surface area contributed by atoms with Crippen LogP contribution in [0.5, 0.6) is 0 Å². The van der Waals surface area contributed by atoms with E-state index >= 15 is 0 Å². The Hall–Kier alpha value is -4.24. The molecule has 1 unspecified atom stereocenters. The molecule has 0 spiro atoms. The summed E-state index contributed by atoms with van der Waals surface area (Å²) in [5.41, 5.74) is 5.76. The maximum Gasteiger partial charge on any atom is 0.338 e. The smallest absolute Gasteiger partial charge is 0.338 e. The molecule has 2 aromatic heterocycles. The molecule has 3 aromatic carbocycles. The molecule has 7 nitrogen and oxygen atoms in total. The third-order valence-corrected chi connectivity index (χ3v) is 8.72. The molecule has 6 rings (SSSR count). The van der Waals surface area contributed by atoms with Crippen LogP contribution in [-0.4, -0.2) is 35.4 Å². The molecule has 0 saturated carbocycles. The van der Waals surface area contributed by atoms with Gasteiger partial charge in [0, 0.05) is 41.3 Å². The number of nitrogens with zero attached hydrogens (tertiary/aromatic N) is 3. The van der Waals surface area contributed by atoms with Crippen LogP contribution in [0, 0.1) is 6.92 Å². The number of allylic oxidation sites excluding steroid dienone is 1. The number of halogens is 1. The zero-order valence-corrected chi connectivity index (χ0v) is 25.6. The Labute approximate surface area is 257 Å². The Balaban J connectivity index is 1.48. The average molecular weight is 612 g/mol. The fourth-order valence-corrected chi connectivity index (χ4v) is 6.67. The molecule has 0 N–H and O–H groups in total. The average Bonchev–Trinajstić information content (AvgIpc) is 3.49. The summed E-state index contributed by atoms with van der Waals surface area (Å²) in [6.07, 6.45) is 4.01. The van der Waals surface area contributed by atoms with E-state index in [1.807, 2.05) is 30.3 Å². The van der Waals surface area contributed by atoms with Crippen molar-refractivity contribution in [1.29, 1.82) is 0 Å². The number of esters is 1. The van der Waals surface area contributed by atoms with Crippen molar-refractivity contribution >= 4 is 45.9 Å². The van der Waals surface area contributed by atoms with Crippen LogP contribution in [0.15, 0.2) is 100 Å². The van der Waals surface area contributed by atoms with Crippen LogP contribution >= 0.6 is 22.9 Å². The van der Waals surface area contributed by atoms with Gasteiger partial charge in [-0.2, -0.15) is 0 Å². The lowest BCUT2D eigenvalue weighted by molar-refractivity contribution is -0.140. The second-order valence-electron chi connectivity index (χ2n) is 10.5. The van der Waals surface area contributed by atoms with Gasteiger partial charge in [-0.15, -0.1) is 0 Å². The molecule has 9 heteroatoms. The summed E-state index contributed by atoms with van der Waals surface area (Å²) in [5.74, 6) is -0.535. The number of carbonyl (C=O) groups is 1. The standard InChI is InChI=1S/C34H30ClN3O4S/c1-21-7-6-8-23(17-21)19-37-20-25(27-9-4-5-10-28(27)37)18-29-32(39)38-31(24-11-13-26(35)14-12-24)30(22(2)36-34(38)43-29)33(40)42-16-15-41-3/h4-14,17-18,20,31H,15-16,19H2,1-3H3. The summed E-state index contributed by atoms with van der Waals surface area (Å²) >= 11 is 7.50. The number of rotatable bonds is 8. The van der Waals surface area contributed by atoms with Crippen molar-refractivity contribution in [2.45, 2.75) is 26.4 Å². The fraction of sp³-hybridized carbons (Fsp3) is 0.206. The summed E-state index contributed by atoms with van der Waals surface area (Å²) in [6.45, 7) is 4.93. The summed E-state index contributed by atoms with van der Waals surface area (Å²) in [6, 6.07) is 23.1. The minimum atomic E-state index is -0.714. The normalized spacial score (nSPS) is 15.1. The molecule has 0 radical (unpaired) electrons. The SMILES string of the molecule is COCCOC(=O)C1=C(C)N=c2sc(=Cc3cn(Cc4cccc(C)c4)c4ccccc34)c(=O)n2C1c1ccc(Cl)cc1. The molecule has 1 aliphatic heterocycles. The number of aromatic nitrogens is 2. The van der Waals surface area contributed by atoms with Crippen LogP contribution < -0.4 is 14.9 Å². The van der Waals surface area contributed by atoms with E-state index in [4.69, 9.17) is 26.1 Å². The fourth-order valence-electron chi connectivity index (χ4n) is 5.51. The van der Waals surface area contributed by atoms with Gasteiger partial charge in [-0.1, -0.05) is 83.1 Å². The number of aryl methyl sites for hydroxylation is 1. The molecular weight excluding hydrogens is 582 g/mol. The number of hydrogen-bond donors (Lipinski definition) is 0. The molecule has 0 saturated heterocycles. The molecule has 0 aliphatic carbocycles. The van der Waals surface area contributed by atoms with Gasteiger partial charge in [0.1, 0.15) is 6.61 Å². The number of fused-ring (bicyclic) bond motifs is 2. The van der Waals surface area contributed by atoms with Crippen LogP contribution in [0.25, 0.3) is 17.0 Å². The summed E-state index contributed by atoms with van der Waals surface area (Å²) in [4.78, 5) is 32.7. The number of carbonyl (C=O) groups excluding carboxylic acids is 1. The lowest BCUT2D eigenvalue weighted by atomic mass is 9.96. The highest BCUT2D eigenvalue weighted by atomic mass is 35.5. The Morgan fingerprint density at radius 1 is 1.05 bits per heavy atom. The summed E-state index contributed by atoms with van der Waals surface area (Å²) in [7, 11) is 1.54. The number of para-hydroxylation sites is 1. The lowest BCUT2D eigenvalue weighted by Gasteiger charge is -2.24. The minimum absolute atomic E-state index is 0.0937. The van der Waals surface area contributed by atoms with Gasteiger partial charge in [0.15, 0.2) is 4.80 Å². The second kappa shape index (κ2) is 12.2. The first kappa shape index (κ1) is 28.9. The minimum Gasteiger partial charge on any atom is -0.460 e. The lowest BCUT2D eigenvalue weighted by Crippen LogP contribution is -2.40. The van der Waals surface area contributed by atoms with Gasteiger partial charge in [-0.25, -0.2) is 9.79 Å². The predicted octanol–water partition coefficient (Wildman–Crippen LogP) is 5.39. The Bertz CT molecular complexity index is 2050. The van der Waals surface area contributed by atoms with Gasteiger partial charge in [0.05, 0.1) is 28.5 Å². The number of methoxy groups -OCH3 is 1. The quantitative estimate of drug-likeness (QED) is 0.174. The van der Waals surface area contributed by atoms with Crippen molar-refractivity contribution in [1.82, 2.24) is 9.13 Å². The van der Waals surface area contributed by atoms with Crippen LogP contribution in [0.2, 0.25) is 5.02 Å². The van der Waals surface area contributed by atoms with Crippen LogP contribution in [0.3, 0.4) is 0 Å². The molecule has 1 aliphatic rings. The maximum atomic E-state index is 14.1. The second-order valence-corrected chi connectivity index (χ2v) is 11.9. The van der Waals surface area contributed by atoms with Gasteiger partial charge in [0.25, 0.3) is 5.56 Å². The third kappa shape index (κ3) is 5.73. The number of ether oxygens (including phenoxy) is 2. The molecule has 1 atom stereocenters. The molecular formula is C34H30ClN3O4S. The zero-order chi connectivity index (χ0) is 30.1. The van der Waals surface area contributed by atoms with E-state index in [0.717, 1.165) is 22.0 Å². The highest BCUT2D eigenvalue weighted by molar-refractivity contribution is 7.07. The van der Waals surface area contributed by atoms with Gasteiger partial charge < -0.3 is 14.0 Å². The first-order valence-electron chi connectivity index (χ1n) is 13.9. The van der Waals surface area contributed by atoms with Crippen LogP contribution in [0.1, 0.15) is 35.2 Å². The highest BCUT2D eigenvalue weighted by Gasteiger charge is 2.33. The zero-order valence-electron chi connectivity index (χ0n) is 24.0. The Morgan fingerprint density at radius 3 is 2.60 bits per heavy atom. The Kier molecular flexibility index (Phi) is 8.17. The van der Waals surface area contributed by atoms with Crippen molar-refractivity contribution in [3.8, 4) is 0 Å². The monoisotopic (exact) mass is 611 g/mol. The van der Waals surface area contributed by atoms with Gasteiger partial charge >= 0.3 is 5.97 Å². The van der Waals surface area contributed by atoms with Crippen LogP contribution in [-0.2, 0) is 20.8 Å². The summed E-state index contributed by atoms with van der Waals surface area (Å²) in [5, 5.41) is 1.61. The number of benzene rings is 3. The molecule has 0 bridgehead atoms. The van der Waals surface area contributed by atoms with Gasteiger partial charge in [0.2, 0.25) is 0 Å². The first-order chi connectivity index (χ1) is 20.8. The van der Waals surface area contributed by atoms with E-state index in [1.54, 1.807) is 30.7 Å². The van der Waals surface area contributed by atoms with E-state index in [2.05, 4.69) is 54.1 Å². The first-order valence-corrected chi connectivity index (χ1v) is 15.1. The molecule has 218 valence electrons. The topological polar surface area (TPSA) is 74.8 Å². The van der Waals surface area contributed by atoms with E-state index < -0.39 is 12.0 Å². The van der Waals surface area contributed by atoms with Crippen molar-refractivity contribution in [3.63, 3.8) is 0 Å². The van der Waals surface area contributed by atoms with Crippen LogP contribution in [0.4, 0.5) is 0 Å². The van der Waals surface area contributed by atoms with E-state index in [0.29, 0.717) is 32.2 Å². The van der Waals surface area contributed by atoms with Crippen molar-refractivity contribution < 1.29 is 14.3 Å². The summed E-state index contributed by atoms with van der Waals surface area (Å²) < 4.78 is 14.9. The van der Waals surface area contributed by atoms with E-state index in [1.165, 1.54) is 22.5 Å². The van der Waals surface area contributed by atoms with E-state index in [-0.39, 0.29) is 18.8 Å². The molecule has 5 aromatic rings. The molecule has 0 amide bonds.